The number of hydrogen-bond acceptors (Lipinski definition) is 4. The molecule has 0 fully saturated rings. The Kier molecular flexibility index (Phi) is 3.72. The van der Waals surface area contributed by atoms with Crippen LogP contribution in [0, 0.1) is 6.92 Å². The molecular weight excluding hydrogens is 366 g/mol. The summed E-state index contributed by atoms with van der Waals surface area (Å²) in [5.41, 5.74) is 1.03. The highest BCUT2D eigenvalue weighted by Crippen LogP contribution is 2.26. The minimum Gasteiger partial charge on any atom is -0.477 e. The van der Waals surface area contributed by atoms with Crippen molar-refractivity contribution in [1.82, 2.24) is 15.0 Å². The Morgan fingerprint density at radius 2 is 2.00 bits per heavy atom. The number of halogens is 2. The van der Waals surface area contributed by atoms with Crippen LogP contribution in [0.4, 0.5) is 0 Å². The van der Waals surface area contributed by atoms with Crippen LogP contribution in [-0.4, -0.2) is 26.0 Å². The Bertz CT molecular complexity index is 632. The second-order valence-corrected chi connectivity index (χ2v) is 5.28. The van der Waals surface area contributed by atoms with Crippen molar-refractivity contribution in [2.75, 3.05) is 0 Å². The number of carbonyl (C=O) groups is 1. The van der Waals surface area contributed by atoms with Gasteiger partial charge < -0.3 is 5.11 Å². The first kappa shape index (κ1) is 13.1. The lowest BCUT2D eigenvalue weighted by atomic mass is 10.3. The summed E-state index contributed by atoms with van der Waals surface area (Å²) < 4.78 is 1.50. The van der Waals surface area contributed by atoms with Gasteiger partial charge in [0.2, 0.25) is 0 Å². The molecule has 0 atom stereocenters. The zero-order valence-electron chi connectivity index (χ0n) is 9.19. The summed E-state index contributed by atoms with van der Waals surface area (Å²) in [6.45, 7) is 1.71. The van der Waals surface area contributed by atoms with Gasteiger partial charge in [0.15, 0.2) is 11.5 Å². The van der Waals surface area contributed by atoms with Gasteiger partial charge in [-0.05, 0) is 50.9 Å². The van der Waals surface area contributed by atoms with Gasteiger partial charge in [0.25, 0.3) is 0 Å². The van der Waals surface area contributed by atoms with Gasteiger partial charge in [0.1, 0.15) is 5.69 Å². The Morgan fingerprint density at radius 3 is 2.61 bits per heavy atom. The number of rotatable bonds is 2. The molecule has 2 rings (SSSR count). The number of hydrogen-bond donors (Lipinski definition) is 1. The molecule has 0 spiro atoms. The van der Waals surface area contributed by atoms with Gasteiger partial charge in [-0.1, -0.05) is 0 Å². The Hall–Kier alpha value is -1.34. The second-order valence-electron chi connectivity index (χ2n) is 3.51. The average molecular weight is 373 g/mol. The van der Waals surface area contributed by atoms with E-state index in [0.717, 1.165) is 4.47 Å². The average Bonchev–Trinajstić information content (AvgIpc) is 2.27. The lowest BCUT2D eigenvalue weighted by Gasteiger charge is -2.05. The minimum atomic E-state index is -1.09. The normalized spacial score (nSPS) is 10.4. The third kappa shape index (κ3) is 2.73. The molecule has 0 saturated heterocycles. The van der Waals surface area contributed by atoms with Gasteiger partial charge in [0, 0.05) is 20.8 Å². The summed E-state index contributed by atoms with van der Waals surface area (Å²) in [4.78, 5) is 23.3. The van der Waals surface area contributed by atoms with Crippen molar-refractivity contribution in [3.05, 3.63) is 38.7 Å². The maximum atomic E-state index is 10.9. The molecule has 2 heterocycles. The molecule has 7 heteroatoms. The first-order valence-electron chi connectivity index (χ1n) is 4.88. The van der Waals surface area contributed by atoms with Crippen LogP contribution >= 0.6 is 31.9 Å². The topological polar surface area (TPSA) is 76.0 Å². The van der Waals surface area contributed by atoms with Crippen LogP contribution in [0.1, 0.15) is 16.2 Å². The first-order valence-corrected chi connectivity index (χ1v) is 6.46. The maximum Gasteiger partial charge on any atom is 0.354 e. The van der Waals surface area contributed by atoms with Crippen LogP contribution in [0.2, 0.25) is 0 Å². The second kappa shape index (κ2) is 5.11. The van der Waals surface area contributed by atoms with Crippen molar-refractivity contribution in [2.24, 2.45) is 0 Å². The fourth-order valence-corrected chi connectivity index (χ4v) is 2.53. The van der Waals surface area contributed by atoms with Crippen LogP contribution in [-0.2, 0) is 0 Å². The van der Waals surface area contributed by atoms with Crippen LogP contribution in [0.5, 0.6) is 0 Å². The smallest absolute Gasteiger partial charge is 0.354 e. The van der Waals surface area contributed by atoms with Crippen LogP contribution in [0.3, 0.4) is 0 Å². The Labute approximate surface area is 120 Å². The summed E-state index contributed by atoms with van der Waals surface area (Å²) in [5, 5.41) is 8.96. The first-order chi connectivity index (χ1) is 8.47. The third-order valence-corrected chi connectivity index (χ3v) is 3.13. The number of aromatic carboxylic acids is 1. The summed E-state index contributed by atoms with van der Waals surface area (Å²) in [5.74, 6) is -0.804. The lowest BCUT2D eigenvalue weighted by Crippen LogP contribution is -2.05. The molecule has 0 bridgehead atoms. The van der Waals surface area contributed by atoms with Crippen molar-refractivity contribution in [3.63, 3.8) is 0 Å². The summed E-state index contributed by atoms with van der Waals surface area (Å²) >= 11 is 6.64. The molecule has 0 saturated carbocycles. The highest BCUT2D eigenvalue weighted by atomic mass is 79.9. The number of aromatic nitrogens is 3. The van der Waals surface area contributed by atoms with E-state index < -0.39 is 5.97 Å². The number of aryl methyl sites for hydroxylation is 1. The van der Waals surface area contributed by atoms with E-state index in [1.165, 1.54) is 6.07 Å². The predicted octanol–water partition coefficient (Wildman–Crippen LogP) is 3.07. The summed E-state index contributed by atoms with van der Waals surface area (Å²) in [7, 11) is 0. The zero-order chi connectivity index (χ0) is 13.3. The number of nitrogens with zero attached hydrogens (tertiary/aromatic N) is 3. The van der Waals surface area contributed by atoms with E-state index >= 15 is 0 Å². The van der Waals surface area contributed by atoms with E-state index in [0.29, 0.717) is 15.9 Å². The minimum absolute atomic E-state index is 0.0471. The predicted molar refractivity (Wildman–Crippen MR) is 72.4 cm³/mol. The summed E-state index contributed by atoms with van der Waals surface area (Å²) in [6, 6.07) is 3.22. The van der Waals surface area contributed by atoms with Gasteiger partial charge in [0.05, 0.1) is 0 Å². The van der Waals surface area contributed by atoms with E-state index in [2.05, 4.69) is 46.8 Å². The molecule has 0 amide bonds. The van der Waals surface area contributed by atoms with Crippen LogP contribution < -0.4 is 0 Å². The van der Waals surface area contributed by atoms with Crippen molar-refractivity contribution < 1.29 is 9.90 Å². The molecule has 0 aromatic carbocycles. The SMILES string of the molecule is Cc1cc(C(=O)O)nc(-c2ncc(Br)cc2Br)n1. The van der Waals surface area contributed by atoms with Gasteiger partial charge >= 0.3 is 5.97 Å². The Morgan fingerprint density at radius 1 is 1.28 bits per heavy atom. The van der Waals surface area contributed by atoms with E-state index in [-0.39, 0.29) is 11.5 Å². The zero-order valence-corrected chi connectivity index (χ0v) is 12.4. The van der Waals surface area contributed by atoms with E-state index in [1.807, 2.05) is 0 Å². The lowest BCUT2D eigenvalue weighted by molar-refractivity contribution is 0.0690. The third-order valence-electron chi connectivity index (χ3n) is 2.09. The van der Waals surface area contributed by atoms with Gasteiger partial charge in [-0.15, -0.1) is 0 Å². The number of carboxylic acids is 1. The molecule has 2 aromatic rings. The van der Waals surface area contributed by atoms with E-state index in [1.54, 1.807) is 19.2 Å². The molecule has 0 unspecified atom stereocenters. The number of pyridine rings is 1. The highest BCUT2D eigenvalue weighted by molar-refractivity contribution is 9.11. The molecular formula is C11H7Br2N3O2. The quantitative estimate of drug-likeness (QED) is 0.876. The molecule has 0 radical (unpaired) electrons. The fourth-order valence-electron chi connectivity index (χ4n) is 1.36. The monoisotopic (exact) mass is 371 g/mol. The Balaban J connectivity index is 2.60. The fraction of sp³-hybridized carbons (Fsp3) is 0.0909. The van der Waals surface area contributed by atoms with Crippen molar-refractivity contribution in [2.45, 2.75) is 6.92 Å². The highest BCUT2D eigenvalue weighted by Gasteiger charge is 2.13. The maximum absolute atomic E-state index is 10.9. The van der Waals surface area contributed by atoms with Crippen molar-refractivity contribution in [1.29, 1.82) is 0 Å². The standard InChI is InChI=1S/C11H7Br2N3O2/c1-5-2-8(11(17)18)16-10(15-5)9-7(13)3-6(12)4-14-9/h2-4H,1H3,(H,17,18). The molecule has 0 aliphatic rings. The molecule has 18 heavy (non-hydrogen) atoms. The number of carboxylic acid groups (broad SMARTS) is 1. The van der Waals surface area contributed by atoms with Gasteiger partial charge in [-0.3, -0.25) is 4.98 Å². The van der Waals surface area contributed by atoms with E-state index in [4.69, 9.17) is 5.11 Å². The molecule has 92 valence electrons. The molecule has 1 N–H and O–H groups in total. The van der Waals surface area contributed by atoms with E-state index in [9.17, 15) is 4.79 Å². The molecule has 5 nitrogen and oxygen atoms in total. The molecule has 2 aromatic heterocycles. The molecule has 0 aliphatic heterocycles. The van der Waals surface area contributed by atoms with Crippen LogP contribution in [0.15, 0.2) is 27.3 Å². The van der Waals surface area contributed by atoms with Gasteiger partial charge in [-0.2, -0.15) is 0 Å². The summed E-state index contributed by atoms with van der Waals surface area (Å²) in [6.07, 6.45) is 1.60. The van der Waals surface area contributed by atoms with Crippen molar-refractivity contribution in [3.8, 4) is 11.5 Å². The van der Waals surface area contributed by atoms with Crippen molar-refractivity contribution >= 4 is 37.8 Å². The largest absolute Gasteiger partial charge is 0.477 e. The van der Waals surface area contributed by atoms with Gasteiger partial charge in [-0.25, -0.2) is 14.8 Å². The molecule has 0 aliphatic carbocycles. The van der Waals surface area contributed by atoms with Crippen LogP contribution in [0.25, 0.3) is 11.5 Å².